The average molecular weight is 255 g/mol. The Hall–Kier alpha value is -2.30. The van der Waals surface area contributed by atoms with Crippen molar-refractivity contribution in [2.24, 2.45) is 5.92 Å². The van der Waals surface area contributed by atoms with E-state index < -0.39 is 5.97 Å². The van der Waals surface area contributed by atoms with Crippen LogP contribution in [0.25, 0.3) is 11.0 Å². The number of fused-ring (bicyclic) bond motifs is 2. The molecule has 1 unspecified atom stereocenters. The zero-order valence-corrected chi connectivity index (χ0v) is 10.2. The lowest BCUT2D eigenvalue weighted by Crippen LogP contribution is -2.21. The number of hydrogen-bond acceptors (Lipinski definition) is 3. The molecule has 2 aliphatic rings. The van der Waals surface area contributed by atoms with Crippen molar-refractivity contribution < 1.29 is 9.90 Å². The highest BCUT2D eigenvalue weighted by molar-refractivity contribution is 6.03. The number of aromatic carboxylic acids is 1. The largest absolute Gasteiger partial charge is 0.478 e. The fourth-order valence-corrected chi connectivity index (χ4v) is 2.94. The van der Waals surface area contributed by atoms with Gasteiger partial charge in [-0.2, -0.15) is 0 Å². The molecule has 3 N–H and O–H groups in total. The summed E-state index contributed by atoms with van der Waals surface area (Å²) in [6, 6.07) is 2.20. The first-order chi connectivity index (χ1) is 9.24. The van der Waals surface area contributed by atoms with Gasteiger partial charge in [0.1, 0.15) is 11.2 Å². The summed E-state index contributed by atoms with van der Waals surface area (Å²) in [5.41, 5.74) is 3.15. The summed E-state index contributed by atoms with van der Waals surface area (Å²) in [6.45, 7) is 0. The van der Waals surface area contributed by atoms with Crippen LogP contribution >= 0.6 is 0 Å². The molecule has 5 nitrogen and oxygen atoms in total. The van der Waals surface area contributed by atoms with E-state index in [0.29, 0.717) is 17.6 Å². The first-order valence-corrected chi connectivity index (χ1v) is 6.39. The summed E-state index contributed by atoms with van der Waals surface area (Å²) in [6.07, 6.45) is 7.59. The third kappa shape index (κ3) is 1.54. The maximum Gasteiger partial charge on any atom is 0.339 e. The summed E-state index contributed by atoms with van der Waals surface area (Å²) >= 11 is 0. The van der Waals surface area contributed by atoms with E-state index in [2.05, 4.69) is 21.4 Å². The van der Waals surface area contributed by atoms with Crippen LogP contribution in [0.1, 0.15) is 23.2 Å². The highest BCUT2D eigenvalue weighted by atomic mass is 16.4. The Bertz CT molecular complexity index is 717. The number of anilines is 1. The second-order valence-electron chi connectivity index (χ2n) is 5.17. The number of hydrogen-bond donors (Lipinski definition) is 3. The van der Waals surface area contributed by atoms with Gasteiger partial charge in [-0.05, 0) is 18.9 Å². The van der Waals surface area contributed by atoms with Crippen molar-refractivity contribution in [1.82, 2.24) is 9.97 Å². The maximum absolute atomic E-state index is 11.3. The molecule has 0 radical (unpaired) electrons. The number of pyridine rings is 1. The predicted molar refractivity (Wildman–Crippen MR) is 71.3 cm³/mol. The van der Waals surface area contributed by atoms with E-state index in [1.165, 1.54) is 11.8 Å². The molecule has 0 aliphatic heterocycles. The number of carbonyl (C=O) groups is 1. The molecule has 0 aromatic carbocycles. The molecule has 19 heavy (non-hydrogen) atoms. The van der Waals surface area contributed by atoms with E-state index in [1.54, 1.807) is 6.20 Å². The van der Waals surface area contributed by atoms with Gasteiger partial charge in [-0.3, -0.25) is 0 Å². The number of aromatic amines is 1. The minimum Gasteiger partial charge on any atom is -0.478 e. The zero-order chi connectivity index (χ0) is 13.0. The van der Waals surface area contributed by atoms with Gasteiger partial charge >= 0.3 is 5.97 Å². The van der Waals surface area contributed by atoms with Gasteiger partial charge in [0.25, 0.3) is 0 Å². The van der Waals surface area contributed by atoms with Crippen LogP contribution in [-0.4, -0.2) is 27.1 Å². The van der Waals surface area contributed by atoms with Crippen LogP contribution in [0.2, 0.25) is 0 Å². The minimum atomic E-state index is -0.944. The van der Waals surface area contributed by atoms with Crippen LogP contribution in [0.4, 0.5) is 5.69 Å². The molecule has 0 saturated heterocycles. The molecule has 0 amide bonds. The average Bonchev–Trinajstić information content (AvgIpc) is 2.83. The van der Waals surface area contributed by atoms with Gasteiger partial charge in [-0.25, -0.2) is 9.78 Å². The zero-order valence-electron chi connectivity index (χ0n) is 10.2. The number of nitrogens with one attached hydrogen (secondary N) is 2. The molecule has 1 fully saturated rings. The molecule has 2 aromatic rings. The molecular weight excluding hydrogens is 242 g/mol. The van der Waals surface area contributed by atoms with Crippen LogP contribution in [0.5, 0.6) is 0 Å². The molecule has 1 saturated carbocycles. The molecule has 5 heteroatoms. The smallest absolute Gasteiger partial charge is 0.339 e. The molecule has 2 heterocycles. The topological polar surface area (TPSA) is 78.0 Å². The first kappa shape index (κ1) is 10.6. The second-order valence-corrected chi connectivity index (χ2v) is 5.17. The lowest BCUT2D eigenvalue weighted by atomic mass is 10.1. The van der Waals surface area contributed by atoms with E-state index in [1.807, 2.05) is 6.07 Å². The van der Waals surface area contributed by atoms with Crippen molar-refractivity contribution in [3.8, 4) is 0 Å². The molecular formula is C14H13N3O2. The second kappa shape index (κ2) is 3.60. The molecule has 4 rings (SSSR count). The molecule has 96 valence electrons. The molecule has 0 spiro atoms. The summed E-state index contributed by atoms with van der Waals surface area (Å²) < 4.78 is 0. The molecule has 0 bridgehead atoms. The Morgan fingerprint density at radius 1 is 1.53 bits per heavy atom. The van der Waals surface area contributed by atoms with Gasteiger partial charge in [0.15, 0.2) is 0 Å². The lowest BCUT2D eigenvalue weighted by Gasteiger charge is -2.17. The number of carboxylic acids is 1. The van der Waals surface area contributed by atoms with Crippen molar-refractivity contribution >= 4 is 22.7 Å². The maximum atomic E-state index is 11.3. The molecule has 2 aliphatic carbocycles. The van der Waals surface area contributed by atoms with Crippen LogP contribution < -0.4 is 5.32 Å². The van der Waals surface area contributed by atoms with Crippen molar-refractivity contribution in [3.63, 3.8) is 0 Å². The van der Waals surface area contributed by atoms with E-state index in [0.717, 1.165) is 23.9 Å². The first-order valence-electron chi connectivity index (χ1n) is 6.39. The quantitative estimate of drug-likeness (QED) is 0.736. The monoisotopic (exact) mass is 255 g/mol. The van der Waals surface area contributed by atoms with E-state index in [4.69, 9.17) is 0 Å². The van der Waals surface area contributed by atoms with Crippen LogP contribution in [0.15, 0.2) is 30.1 Å². The number of carboxylic acid groups (broad SMARTS) is 1. The Labute approximate surface area is 109 Å². The standard InChI is InChI=1S/C14H13N3O2/c18-14(19)10-6-16-13-8(3-4-15-13)12(10)17-11-2-1-7-5-9(7)11/h1,3-4,6,9,11H,2,5H2,(H,18,19)(H2,15,16,17)/t9-,11?/m0/s1. The van der Waals surface area contributed by atoms with Gasteiger partial charge < -0.3 is 15.4 Å². The Kier molecular flexibility index (Phi) is 2.01. The van der Waals surface area contributed by atoms with Crippen molar-refractivity contribution in [1.29, 1.82) is 0 Å². The SMILES string of the molecule is O=C(O)c1cnc2[nH]ccc2c1NC1CC=C2C[C@@H]21. The Balaban J connectivity index is 1.79. The number of aromatic nitrogens is 2. The van der Waals surface area contributed by atoms with Gasteiger partial charge in [0, 0.05) is 29.7 Å². The normalized spacial score (nSPS) is 24.1. The molecule has 2 aromatic heterocycles. The fraction of sp³-hybridized carbons (Fsp3) is 0.286. The summed E-state index contributed by atoms with van der Waals surface area (Å²) in [5, 5.41) is 13.6. The van der Waals surface area contributed by atoms with Crippen LogP contribution in [0, 0.1) is 5.92 Å². The van der Waals surface area contributed by atoms with Crippen molar-refractivity contribution in [3.05, 3.63) is 35.7 Å². The highest BCUT2D eigenvalue weighted by Gasteiger charge is 2.41. The predicted octanol–water partition coefficient (Wildman–Crippen LogP) is 2.39. The third-order valence-electron chi connectivity index (χ3n) is 4.04. The van der Waals surface area contributed by atoms with E-state index >= 15 is 0 Å². The summed E-state index contributed by atoms with van der Waals surface area (Å²) in [7, 11) is 0. The lowest BCUT2D eigenvalue weighted by molar-refractivity contribution is 0.0697. The van der Waals surface area contributed by atoms with Crippen molar-refractivity contribution in [2.75, 3.05) is 5.32 Å². The number of rotatable bonds is 3. The van der Waals surface area contributed by atoms with Crippen LogP contribution in [0.3, 0.4) is 0 Å². The van der Waals surface area contributed by atoms with E-state index in [9.17, 15) is 9.90 Å². The summed E-state index contributed by atoms with van der Waals surface area (Å²) in [4.78, 5) is 18.5. The third-order valence-corrected chi connectivity index (χ3v) is 4.04. The highest BCUT2D eigenvalue weighted by Crippen LogP contribution is 2.48. The minimum absolute atomic E-state index is 0.237. The van der Waals surface area contributed by atoms with Gasteiger partial charge in [-0.15, -0.1) is 0 Å². The number of nitrogens with zero attached hydrogens (tertiary/aromatic N) is 1. The van der Waals surface area contributed by atoms with Crippen LogP contribution in [-0.2, 0) is 0 Å². The fourth-order valence-electron chi connectivity index (χ4n) is 2.94. The molecule has 2 atom stereocenters. The summed E-state index contributed by atoms with van der Waals surface area (Å²) in [5.74, 6) is -0.344. The van der Waals surface area contributed by atoms with E-state index in [-0.39, 0.29) is 5.56 Å². The van der Waals surface area contributed by atoms with Gasteiger partial charge in [-0.1, -0.05) is 11.6 Å². The van der Waals surface area contributed by atoms with Gasteiger partial charge in [0.2, 0.25) is 0 Å². The number of H-pyrrole nitrogens is 1. The Morgan fingerprint density at radius 2 is 2.42 bits per heavy atom. The van der Waals surface area contributed by atoms with Crippen molar-refractivity contribution in [2.45, 2.75) is 18.9 Å². The Morgan fingerprint density at radius 3 is 3.11 bits per heavy atom. The van der Waals surface area contributed by atoms with Gasteiger partial charge in [0.05, 0.1) is 5.69 Å².